The summed E-state index contributed by atoms with van der Waals surface area (Å²) in [5.74, 6) is 0.224. The first kappa shape index (κ1) is 11.2. The Labute approximate surface area is 135 Å². The smallest absolute Gasteiger partial charge is 0.254 e. The van der Waals surface area contributed by atoms with E-state index in [1.165, 1.54) is 5.56 Å². The molecule has 0 N–H and O–H groups in total. The second-order valence-corrected chi connectivity index (χ2v) is 7.33. The molecule has 1 aromatic rings. The first-order valence-corrected chi connectivity index (χ1v) is 8.75. The Hall–Kier alpha value is -1.35. The number of fused-ring (bicyclic) bond motifs is 3. The lowest BCUT2D eigenvalue weighted by Gasteiger charge is -2.51. The number of benzene rings is 1. The highest BCUT2D eigenvalue weighted by Gasteiger charge is 2.43. The van der Waals surface area contributed by atoms with Crippen LogP contribution in [0.3, 0.4) is 0 Å². The fourth-order valence-electron chi connectivity index (χ4n) is 5.03. The average Bonchev–Trinajstić information content (AvgIpc) is 2.60. The summed E-state index contributed by atoms with van der Waals surface area (Å²) in [6.45, 7) is 1.49. The molecule has 0 aromatic heterocycles. The predicted octanol–water partition coefficient (Wildman–Crippen LogP) is 2.66. The average molecular weight is 298 g/mol. The SMILES string of the molecule is [2H]C1([2H])[C@H]2CCCc3cccc(c32)C(=O)N1[C@@H]1CN2CCC1CC2. The van der Waals surface area contributed by atoms with E-state index in [4.69, 9.17) is 2.74 Å². The summed E-state index contributed by atoms with van der Waals surface area (Å²) < 4.78 is 17.8. The molecule has 4 heterocycles. The van der Waals surface area contributed by atoms with Crippen LogP contribution in [0.1, 0.15) is 55.8 Å². The van der Waals surface area contributed by atoms with Crippen LogP contribution in [-0.2, 0) is 6.42 Å². The molecule has 1 aromatic carbocycles. The minimum Gasteiger partial charge on any atom is -0.333 e. The van der Waals surface area contributed by atoms with E-state index in [1.807, 2.05) is 12.1 Å². The molecule has 3 heteroatoms. The maximum Gasteiger partial charge on any atom is 0.254 e. The molecule has 1 aliphatic carbocycles. The monoisotopic (exact) mass is 298 g/mol. The number of amides is 1. The molecule has 2 bridgehead atoms. The van der Waals surface area contributed by atoms with Gasteiger partial charge < -0.3 is 9.80 Å². The van der Waals surface area contributed by atoms with Crippen molar-refractivity contribution in [2.45, 2.75) is 44.1 Å². The molecule has 3 fully saturated rings. The van der Waals surface area contributed by atoms with Crippen LogP contribution in [0, 0.1) is 5.92 Å². The van der Waals surface area contributed by atoms with Crippen LogP contribution in [0.25, 0.3) is 0 Å². The van der Waals surface area contributed by atoms with Gasteiger partial charge in [0.1, 0.15) is 0 Å². The van der Waals surface area contributed by atoms with Crippen LogP contribution >= 0.6 is 0 Å². The molecule has 0 unspecified atom stereocenters. The van der Waals surface area contributed by atoms with Gasteiger partial charge in [0.25, 0.3) is 5.91 Å². The maximum absolute atomic E-state index is 13.3. The zero-order valence-corrected chi connectivity index (χ0v) is 12.9. The number of piperidine rings is 3. The van der Waals surface area contributed by atoms with Gasteiger partial charge in [0.05, 0.1) is 2.74 Å². The number of carbonyl (C=O) groups is 1. The molecule has 6 rings (SSSR count). The summed E-state index contributed by atoms with van der Waals surface area (Å²) in [5, 5.41) is 0. The van der Waals surface area contributed by atoms with Crippen LogP contribution in [0.2, 0.25) is 0 Å². The van der Waals surface area contributed by atoms with Crippen molar-refractivity contribution in [3.05, 3.63) is 34.9 Å². The maximum atomic E-state index is 13.3. The van der Waals surface area contributed by atoms with Crippen LogP contribution in [0.4, 0.5) is 0 Å². The number of rotatable bonds is 1. The van der Waals surface area contributed by atoms with Crippen LogP contribution in [0.15, 0.2) is 18.2 Å². The lowest BCUT2D eigenvalue weighted by Crippen LogP contribution is -2.60. The summed E-state index contributed by atoms with van der Waals surface area (Å²) in [6, 6.07) is 6.01. The summed E-state index contributed by atoms with van der Waals surface area (Å²) in [7, 11) is 0. The highest BCUT2D eigenvalue weighted by Crippen LogP contribution is 2.41. The molecular weight excluding hydrogens is 272 g/mol. The molecule has 0 saturated carbocycles. The molecule has 0 spiro atoms. The quantitative estimate of drug-likeness (QED) is 0.796. The third-order valence-electron chi connectivity index (χ3n) is 6.18. The van der Waals surface area contributed by atoms with Crippen molar-refractivity contribution in [2.75, 3.05) is 26.1 Å². The normalized spacial score (nSPS) is 40.0. The van der Waals surface area contributed by atoms with Gasteiger partial charge in [-0.05, 0) is 68.3 Å². The first-order valence-electron chi connectivity index (χ1n) is 9.75. The summed E-state index contributed by atoms with van der Waals surface area (Å²) in [6.07, 6.45) is 5.04. The summed E-state index contributed by atoms with van der Waals surface area (Å²) in [4.78, 5) is 17.4. The Morgan fingerprint density at radius 1 is 1.18 bits per heavy atom. The Balaban J connectivity index is 1.63. The number of hydrogen-bond donors (Lipinski definition) is 0. The van der Waals surface area contributed by atoms with Gasteiger partial charge in [0.2, 0.25) is 0 Å². The van der Waals surface area contributed by atoms with Crippen molar-refractivity contribution in [3.63, 3.8) is 0 Å². The van der Waals surface area contributed by atoms with Gasteiger partial charge >= 0.3 is 0 Å². The Kier molecular flexibility index (Phi) is 2.46. The first-order chi connectivity index (χ1) is 11.6. The minimum absolute atomic E-state index is 0.0359. The van der Waals surface area contributed by atoms with Crippen LogP contribution in [0.5, 0.6) is 0 Å². The van der Waals surface area contributed by atoms with Gasteiger partial charge in [0, 0.05) is 30.6 Å². The van der Waals surface area contributed by atoms with Crippen molar-refractivity contribution in [1.29, 1.82) is 0 Å². The molecule has 5 aliphatic rings. The molecule has 4 aliphatic heterocycles. The van der Waals surface area contributed by atoms with E-state index in [0.29, 0.717) is 5.92 Å². The van der Waals surface area contributed by atoms with Gasteiger partial charge in [-0.3, -0.25) is 4.79 Å². The van der Waals surface area contributed by atoms with Gasteiger partial charge in [-0.25, -0.2) is 0 Å². The Bertz CT molecular complexity index is 697. The van der Waals surface area contributed by atoms with Crippen molar-refractivity contribution >= 4 is 5.91 Å². The van der Waals surface area contributed by atoms with Crippen molar-refractivity contribution in [1.82, 2.24) is 9.80 Å². The molecule has 116 valence electrons. The molecule has 1 amide bonds. The Morgan fingerprint density at radius 3 is 2.82 bits per heavy atom. The highest BCUT2D eigenvalue weighted by atomic mass is 16.2. The standard InChI is InChI=1S/C19H24N2O/c22-19-16-6-2-4-14-3-1-5-15(18(14)16)11-21(19)17-12-20-9-7-13(17)8-10-20/h2,4,6,13,15,17H,1,3,5,7-12H2/t15-,17-/m1/s1/i11D2. The number of nitrogens with zero attached hydrogens (tertiary/aromatic N) is 2. The molecule has 3 saturated heterocycles. The topological polar surface area (TPSA) is 23.6 Å². The third kappa shape index (κ3) is 1.81. The second-order valence-electron chi connectivity index (χ2n) is 7.33. The number of aryl methyl sites for hydroxylation is 1. The Morgan fingerprint density at radius 2 is 2.05 bits per heavy atom. The fraction of sp³-hybridized carbons (Fsp3) is 0.632. The van der Waals surface area contributed by atoms with E-state index in [-0.39, 0.29) is 17.9 Å². The summed E-state index contributed by atoms with van der Waals surface area (Å²) in [5.41, 5.74) is 2.97. The van der Waals surface area contributed by atoms with E-state index in [1.54, 1.807) is 4.90 Å². The number of hydrogen-bond acceptors (Lipinski definition) is 2. The van der Waals surface area contributed by atoms with E-state index < -0.39 is 6.50 Å². The van der Waals surface area contributed by atoms with Crippen molar-refractivity contribution < 1.29 is 7.54 Å². The summed E-state index contributed by atoms with van der Waals surface area (Å²) >= 11 is 0. The highest BCUT2D eigenvalue weighted by molar-refractivity contribution is 5.97. The minimum atomic E-state index is -1.57. The van der Waals surface area contributed by atoms with Crippen molar-refractivity contribution in [3.8, 4) is 0 Å². The van der Waals surface area contributed by atoms with Crippen LogP contribution in [-0.4, -0.2) is 47.9 Å². The third-order valence-corrected chi connectivity index (χ3v) is 6.18. The van der Waals surface area contributed by atoms with Gasteiger partial charge in [-0.15, -0.1) is 0 Å². The molecule has 0 radical (unpaired) electrons. The largest absolute Gasteiger partial charge is 0.333 e. The zero-order valence-electron chi connectivity index (χ0n) is 14.9. The molecule has 22 heavy (non-hydrogen) atoms. The second kappa shape index (κ2) is 4.82. The zero-order chi connectivity index (χ0) is 16.5. The van der Waals surface area contributed by atoms with Crippen molar-refractivity contribution in [2.24, 2.45) is 5.92 Å². The predicted molar refractivity (Wildman–Crippen MR) is 86.1 cm³/mol. The van der Waals surface area contributed by atoms with E-state index in [0.717, 1.165) is 62.9 Å². The molecule has 2 atom stereocenters. The fourth-order valence-corrected chi connectivity index (χ4v) is 5.03. The van der Waals surface area contributed by atoms with Gasteiger partial charge in [0.15, 0.2) is 0 Å². The van der Waals surface area contributed by atoms with E-state index >= 15 is 0 Å². The lowest BCUT2D eigenvalue weighted by molar-refractivity contribution is 0.00258. The van der Waals surface area contributed by atoms with E-state index in [9.17, 15) is 4.79 Å². The lowest BCUT2D eigenvalue weighted by atomic mass is 9.75. The van der Waals surface area contributed by atoms with Gasteiger partial charge in [-0.2, -0.15) is 0 Å². The number of carbonyl (C=O) groups excluding carboxylic acids is 1. The van der Waals surface area contributed by atoms with Gasteiger partial charge in [-0.1, -0.05) is 12.1 Å². The van der Waals surface area contributed by atoms with Crippen LogP contribution < -0.4 is 0 Å². The van der Waals surface area contributed by atoms with E-state index in [2.05, 4.69) is 11.0 Å². The molecule has 3 nitrogen and oxygen atoms in total. The molecular formula is C19H24N2O.